The van der Waals surface area contributed by atoms with Crippen LogP contribution >= 0.6 is 15.9 Å². The Morgan fingerprint density at radius 2 is 2.31 bits per heavy atom. The molecule has 0 radical (unpaired) electrons. The van der Waals surface area contributed by atoms with Gasteiger partial charge in [-0.25, -0.2) is 4.98 Å². The van der Waals surface area contributed by atoms with Gasteiger partial charge >= 0.3 is 0 Å². The fourth-order valence-electron chi connectivity index (χ4n) is 1.29. The van der Waals surface area contributed by atoms with E-state index in [1.54, 1.807) is 30.2 Å². The molecule has 0 saturated heterocycles. The molecule has 0 atom stereocenters. The highest BCUT2D eigenvalue weighted by atomic mass is 79.9. The Morgan fingerprint density at radius 1 is 1.56 bits per heavy atom. The van der Waals surface area contributed by atoms with E-state index in [4.69, 9.17) is 4.74 Å². The first-order valence-corrected chi connectivity index (χ1v) is 5.89. The van der Waals surface area contributed by atoms with E-state index in [2.05, 4.69) is 20.9 Å². The Labute approximate surface area is 104 Å². The van der Waals surface area contributed by atoms with Crippen LogP contribution in [0.5, 0.6) is 0 Å². The number of aromatic nitrogens is 1. The monoisotopic (exact) mass is 286 g/mol. The molecule has 1 aromatic heterocycles. The van der Waals surface area contributed by atoms with Crippen LogP contribution in [0.25, 0.3) is 0 Å². The van der Waals surface area contributed by atoms with Crippen molar-refractivity contribution in [3.63, 3.8) is 0 Å². The molecule has 0 fully saturated rings. The van der Waals surface area contributed by atoms with Gasteiger partial charge in [0.25, 0.3) is 5.91 Å². The van der Waals surface area contributed by atoms with Crippen molar-refractivity contribution in [2.45, 2.75) is 6.92 Å². The molecule has 4 nitrogen and oxygen atoms in total. The standard InChI is InChI=1S/C11H15BrN2O2/c1-3-14(7-8-16-2)11(15)9-5-4-6-10(12)13-9/h4-6H,3,7-8H2,1-2H3. The highest BCUT2D eigenvalue weighted by Gasteiger charge is 2.14. The third-order valence-electron chi connectivity index (χ3n) is 2.17. The molecule has 1 rings (SSSR count). The quantitative estimate of drug-likeness (QED) is 0.777. The molecule has 5 heteroatoms. The predicted molar refractivity (Wildman–Crippen MR) is 65.4 cm³/mol. The summed E-state index contributed by atoms with van der Waals surface area (Å²) in [6.07, 6.45) is 0. The number of rotatable bonds is 5. The minimum Gasteiger partial charge on any atom is -0.383 e. The third-order valence-corrected chi connectivity index (χ3v) is 2.61. The molecule has 0 saturated carbocycles. The van der Waals surface area contributed by atoms with Crippen molar-refractivity contribution in [3.05, 3.63) is 28.5 Å². The van der Waals surface area contributed by atoms with E-state index < -0.39 is 0 Å². The van der Waals surface area contributed by atoms with E-state index in [1.165, 1.54) is 0 Å². The number of amides is 1. The second-order valence-corrected chi connectivity index (χ2v) is 4.04. The van der Waals surface area contributed by atoms with Crippen LogP contribution in [0.1, 0.15) is 17.4 Å². The van der Waals surface area contributed by atoms with E-state index in [0.717, 1.165) is 0 Å². The molecule has 88 valence electrons. The predicted octanol–water partition coefficient (Wildman–Crippen LogP) is 1.95. The molecule has 0 aliphatic carbocycles. The summed E-state index contributed by atoms with van der Waals surface area (Å²) < 4.78 is 5.63. The van der Waals surface area contributed by atoms with Gasteiger partial charge in [-0.1, -0.05) is 6.07 Å². The minimum atomic E-state index is -0.0687. The summed E-state index contributed by atoms with van der Waals surface area (Å²) in [6, 6.07) is 5.30. The lowest BCUT2D eigenvalue weighted by molar-refractivity contribution is 0.0700. The molecule has 0 aromatic carbocycles. The van der Waals surface area contributed by atoms with Gasteiger partial charge in [0.1, 0.15) is 10.3 Å². The number of carbonyl (C=O) groups excluding carboxylic acids is 1. The molecule has 1 heterocycles. The van der Waals surface area contributed by atoms with Crippen LogP contribution in [0.3, 0.4) is 0 Å². The van der Waals surface area contributed by atoms with E-state index in [9.17, 15) is 4.79 Å². The van der Waals surface area contributed by atoms with Gasteiger partial charge in [0.2, 0.25) is 0 Å². The summed E-state index contributed by atoms with van der Waals surface area (Å²) in [5, 5.41) is 0. The number of methoxy groups -OCH3 is 1. The lowest BCUT2D eigenvalue weighted by atomic mass is 10.3. The Morgan fingerprint density at radius 3 is 2.88 bits per heavy atom. The zero-order chi connectivity index (χ0) is 12.0. The van der Waals surface area contributed by atoms with Crippen molar-refractivity contribution in [1.29, 1.82) is 0 Å². The summed E-state index contributed by atoms with van der Waals surface area (Å²) in [5.74, 6) is -0.0687. The highest BCUT2D eigenvalue weighted by Crippen LogP contribution is 2.08. The van der Waals surface area contributed by atoms with Crippen LogP contribution in [0.2, 0.25) is 0 Å². The van der Waals surface area contributed by atoms with Gasteiger partial charge in [-0.05, 0) is 35.0 Å². The van der Waals surface area contributed by atoms with Gasteiger partial charge in [0.05, 0.1) is 6.61 Å². The molecule has 0 aliphatic rings. The van der Waals surface area contributed by atoms with Crippen LogP contribution in [0.4, 0.5) is 0 Å². The molecule has 0 bridgehead atoms. The summed E-state index contributed by atoms with van der Waals surface area (Å²) in [4.78, 5) is 17.9. The first kappa shape index (κ1) is 13.1. The molecule has 0 N–H and O–H groups in total. The summed E-state index contributed by atoms with van der Waals surface area (Å²) in [5.41, 5.74) is 0.451. The van der Waals surface area contributed by atoms with E-state index >= 15 is 0 Å². The Balaban J connectivity index is 2.74. The molecule has 0 spiro atoms. The average molecular weight is 287 g/mol. The molecule has 0 unspecified atom stereocenters. The van der Waals surface area contributed by atoms with Crippen molar-refractivity contribution in [3.8, 4) is 0 Å². The third kappa shape index (κ3) is 3.57. The Kier molecular flexibility index (Phi) is 5.42. The number of carbonyl (C=O) groups is 1. The summed E-state index contributed by atoms with van der Waals surface area (Å²) >= 11 is 3.25. The van der Waals surface area contributed by atoms with Gasteiger partial charge in [-0.15, -0.1) is 0 Å². The summed E-state index contributed by atoms with van der Waals surface area (Å²) in [6.45, 7) is 3.70. The average Bonchev–Trinajstić information content (AvgIpc) is 2.29. The van der Waals surface area contributed by atoms with Gasteiger partial charge in [0, 0.05) is 20.2 Å². The van der Waals surface area contributed by atoms with Crippen LogP contribution in [-0.4, -0.2) is 42.6 Å². The Hall–Kier alpha value is -0.940. The number of pyridine rings is 1. The summed E-state index contributed by atoms with van der Waals surface area (Å²) in [7, 11) is 1.62. The molecule has 1 aromatic rings. The Bertz CT molecular complexity index is 358. The lowest BCUT2D eigenvalue weighted by Crippen LogP contribution is -2.34. The number of likely N-dealkylation sites (N-methyl/N-ethyl adjacent to an activating group) is 1. The van der Waals surface area contributed by atoms with Crippen molar-refractivity contribution in [1.82, 2.24) is 9.88 Å². The first-order valence-electron chi connectivity index (χ1n) is 5.09. The number of nitrogens with zero attached hydrogens (tertiary/aromatic N) is 2. The first-order chi connectivity index (χ1) is 7.69. The van der Waals surface area contributed by atoms with Crippen LogP contribution < -0.4 is 0 Å². The smallest absolute Gasteiger partial charge is 0.272 e. The molecule has 0 aliphatic heterocycles. The zero-order valence-corrected chi connectivity index (χ0v) is 11.0. The molecule has 16 heavy (non-hydrogen) atoms. The van der Waals surface area contributed by atoms with Crippen molar-refractivity contribution >= 4 is 21.8 Å². The van der Waals surface area contributed by atoms with E-state index in [1.807, 2.05) is 6.92 Å². The van der Waals surface area contributed by atoms with Gasteiger partial charge < -0.3 is 9.64 Å². The fourth-order valence-corrected chi connectivity index (χ4v) is 1.64. The number of halogens is 1. The normalized spacial score (nSPS) is 10.2. The van der Waals surface area contributed by atoms with E-state index in [0.29, 0.717) is 30.0 Å². The topological polar surface area (TPSA) is 42.4 Å². The second-order valence-electron chi connectivity index (χ2n) is 3.22. The maximum Gasteiger partial charge on any atom is 0.272 e. The minimum absolute atomic E-state index is 0.0687. The maximum absolute atomic E-state index is 12.0. The fraction of sp³-hybridized carbons (Fsp3) is 0.455. The molecule has 1 amide bonds. The molecular weight excluding hydrogens is 272 g/mol. The van der Waals surface area contributed by atoms with Crippen LogP contribution in [0.15, 0.2) is 22.8 Å². The van der Waals surface area contributed by atoms with Crippen LogP contribution in [-0.2, 0) is 4.74 Å². The maximum atomic E-state index is 12.0. The number of hydrogen-bond acceptors (Lipinski definition) is 3. The van der Waals surface area contributed by atoms with Crippen molar-refractivity contribution in [2.75, 3.05) is 26.8 Å². The largest absolute Gasteiger partial charge is 0.383 e. The highest BCUT2D eigenvalue weighted by molar-refractivity contribution is 9.10. The van der Waals surface area contributed by atoms with Crippen molar-refractivity contribution in [2.24, 2.45) is 0 Å². The SMILES string of the molecule is CCN(CCOC)C(=O)c1cccc(Br)n1. The van der Waals surface area contributed by atoms with Crippen LogP contribution in [0, 0.1) is 0 Å². The zero-order valence-electron chi connectivity index (χ0n) is 9.44. The number of ether oxygens (including phenoxy) is 1. The van der Waals surface area contributed by atoms with Crippen molar-refractivity contribution < 1.29 is 9.53 Å². The number of hydrogen-bond donors (Lipinski definition) is 0. The van der Waals surface area contributed by atoms with Gasteiger partial charge in [-0.3, -0.25) is 4.79 Å². The molecular formula is C11H15BrN2O2. The van der Waals surface area contributed by atoms with Gasteiger partial charge in [-0.2, -0.15) is 0 Å². The lowest BCUT2D eigenvalue weighted by Gasteiger charge is -2.19. The second kappa shape index (κ2) is 6.60. The van der Waals surface area contributed by atoms with Gasteiger partial charge in [0.15, 0.2) is 0 Å². The van der Waals surface area contributed by atoms with E-state index in [-0.39, 0.29) is 5.91 Å².